The lowest BCUT2D eigenvalue weighted by Crippen LogP contribution is -2.30. The first-order valence-electron chi connectivity index (χ1n) is 7.94. The average molecular weight is 296 g/mol. The molecule has 3 nitrogen and oxygen atoms in total. The molecule has 1 aromatic carbocycles. The minimum Gasteiger partial charge on any atom is -0.500 e. The highest BCUT2D eigenvalue weighted by atomic mass is 16.5. The number of hydrogen-bond donors (Lipinski definition) is 0. The Morgan fingerprint density at radius 1 is 1.23 bits per heavy atom. The maximum atomic E-state index is 5.22. The first-order chi connectivity index (χ1) is 10.8. The van der Waals surface area contributed by atoms with E-state index in [9.17, 15) is 0 Å². The van der Waals surface area contributed by atoms with Gasteiger partial charge in [-0.1, -0.05) is 30.8 Å². The van der Waals surface area contributed by atoms with Crippen LogP contribution in [0, 0.1) is 6.92 Å². The summed E-state index contributed by atoms with van der Waals surface area (Å²) in [4.78, 5) is 2.54. The summed E-state index contributed by atoms with van der Waals surface area (Å²) in [6.45, 7) is 10.5. The molecule has 3 rings (SSSR count). The number of benzene rings is 1. The van der Waals surface area contributed by atoms with E-state index in [1.807, 2.05) is 0 Å². The van der Waals surface area contributed by atoms with Gasteiger partial charge >= 0.3 is 0 Å². The maximum Gasteiger partial charge on any atom is 0.105 e. The van der Waals surface area contributed by atoms with Gasteiger partial charge in [-0.15, -0.1) is 0 Å². The predicted molar refractivity (Wildman–Crippen MR) is 89.6 cm³/mol. The Balaban J connectivity index is 1.63. The molecule has 1 aromatic heterocycles. The Hall–Kier alpha value is -2.00. The first-order valence-corrected chi connectivity index (χ1v) is 7.94. The van der Waals surface area contributed by atoms with Crippen LogP contribution in [0.25, 0.3) is 0 Å². The Bertz CT molecular complexity index is 645. The number of rotatable bonds is 6. The first kappa shape index (κ1) is 14.9. The van der Waals surface area contributed by atoms with Crippen molar-refractivity contribution in [2.75, 3.05) is 13.2 Å². The van der Waals surface area contributed by atoms with Crippen molar-refractivity contribution in [3.63, 3.8) is 0 Å². The van der Waals surface area contributed by atoms with Crippen molar-refractivity contribution in [2.45, 2.75) is 33.0 Å². The zero-order chi connectivity index (χ0) is 15.4. The van der Waals surface area contributed by atoms with Crippen LogP contribution in [-0.2, 0) is 30.8 Å². The third-order valence-corrected chi connectivity index (χ3v) is 4.52. The van der Waals surface area contributed by atoms with E-state index in [1.165, 1.54) is 28.6 Å². The van der Waals surface area contributed by atoms with Crippen molar-refractivity contribution in [1.29, 1.82) is 0 Å². The quantitative estimate of drug-likeness (QED) is 0.599. The van der Waals surface area contributed by atoms with Gasteiger partial charge in [-0.2, -0.15) is 0 Å². The van der Waals surface area contributed by atoms with E-state index < -0.39 is 0 Å². The van der Waals surface area contributed by atoms with Crippen molar-refractivity contribution in [1.82, 2.24) is 9.47 Å². The van der Waals surface area contributed by atoms with Gasteiger partial charge in [0.25, 0.3) is 0 Å². The molecule has 0 bridgehead atoms. The van der Waals surface area contributed by atoms with Gasteiger partial charge in [0.05, 0.1) is 12.8 Å². The van der Waals surface area contributed by atoms with E-state index in [4.69, 9.17) is 4.74 Å². The summed E-state index contributed by atoms with van der Waals surface area (Å²) < 4.78 is 7.48. The molecule has 0 saturated carbocycles. The minimum absolute atomic E-state index is 0.676. The van der Waals surface area contributed by atoms with Crippen LogP contribution in [0.5, 0.6) is 0 Å². The molecule has 0 aliphatic carbocycles. The fourth-order valence-corrected chi connectivity index (χ4v) is 3.17. The molecule has 3 heteroatoms. The van der Waals surface area contributed by atoms with Crippen LogP contribution >= 0.6 is 0 Å². The number of aromatic nitrogens is 1. The van der Waals surface area contributed by atoms with Crippen LogP contribution in [0.3, 0.4) is 0 Å². The largest absolute Gasteiger partial charge is 0.500 e. The van der Waals surface area contributed by atoms with Crippen molar-refractivity contribution in [2.24, 2.45) is 0 Å². The van der Waals surface area contributed by atoms with E-state index >= 15 is 0 Å². The summed E-state index contributed by atoms with van der Waals surface area (Å²) in [5, 5.41) is 0. The Morgan fingerprint density at radius 3 is 2.86 bits per heavy atom. The molecule has 0 N–H and O–H groups in total. The fraction of sp³-hybridized carbons (Fsp3) is 0.368. The van der Waals surface area contributed by atoms with Crippen molar-refractivity contribution in [3.05, 3.63) is 71.8 Å². The SMILES string of the molecule is C=COCCn1ccc(CN2CCc3ccccc3C2)c1C. The second kappa shape index (κ2) is 6.84. The van der Waals surface area contributed by atoms with E-state index in [0.29, 0.717) is 6.61 Å². The van der Waals surface area contributed by atoms with Crippen LogP contribution in [0.2, 0.25) is 0 Å². The number of ether oxygens (including phenoxy) is 1. The average Bonchev–Trinajstić information content (AvgIpc) is 2.88. The zero-order valence-corrected chi connectivity index (χ0v) is 13.3. The van der Waals surface area contributed by atoms with Gasteiger partial charge in [-0.05, 0) is 36.1 Å². The molecule has 0 amide bonds. The molecule has 1 aliphatic heterocycles. The molecule has 0 unspecified atom stereocenters. The lowest BCUT2D eigenvalue weighted by Gasteiger charge is -2.28. The van der Waals surface area contributed by atoms with Gasteiger partial charge in [0, 0.05) is 31.5 Å². The third-order valence-electron chi connectivity index (χ3n) is 4.52. The van der Waals surface area contributed by atoms with Crippen molar-refractivity contribution in [3.8, 4) is 0 Å². The lowest BCUT2D eigenvalue weighted by molar-refractivity contribution is 0.234. The maximum absolute atomic E-state index is 5.22. The van der Waals surface area contributed by atoms with Crippen molar-refractivity contribution < 1.29 is 4.74 Å². The monoisotopic (exact) mass is 296 g/mol. The molecule has 22 heavy (non-hydrogen) atoms. The molecule has 0 spiro atoms. The second-order valence-electron chi connectivity index (χ2n) is 5.89. The third kappa shape index (κ3) is 3.25. The van der Waals surface area contributed by atoms with E-state index in [-0.39, 0.29) is 0 Å². The van der Waals surface area contributed by atoms with Crippen LogP contribution in [0.1, 0.15) is 22.4 Å². The number of hydrogen-bond acceptors (Lipinski definition) is 2. The Labute approximate surface area is 132 Å². The highest BCUT2D eigenvalue weighted by Gasteiger charge is 2.17. The molecular weight excluding hydrogens is 272 g/mol. The lowest BCUT2D eigenvalue weighted by atomic mass is 9.99. The number of fused-ring (bicyclic) bond motifs is 1. The molecule has 2 heterocycles. The van der Waals surface area contributed by atoms with Crippen LogP contribution in [-0.4, -0.2) is 22.6 Å². The molecule has 2 aromatic rings. The summed E-state index contributed by atoms with van der Waals surface area (Å²) in [7, 11) is 0. The summed E-state index contributed by atoms with van der Waals surface area (Å²) in [5.41, 5.74) is 5.74. The smallest absolute Gasteiger partial charge is 0.105 e. The molecule has 0 fully saturated rings. The molecule has 0 atom stereocenters. The van der Waals surface area contributed by atoms with Crippen LogP contribution in [0.4, 0.5) is 0 Å². The fourth-order valence-electron chi connectivity index (χ4n) is 3.17. The van der Waals surface area contributed by atoms with E-state index in [1.54, 1.807) is 0 Å². The topological polar surface area (TPSA) is 17.4 Å². The van der Waals surface area contributed by atoms with E-state index in [0.717, 1.165) is 32.6 Å². The van der Waals surface area contributed by atoms with Crippen LogP contribution < -0.4 is 0 Å². The highest BCUT2D eigenvalue weighted by Crippen LogP contribution is 2.21. The Morgan fingerprint density at radius 2 is 2.05 bits per heavy atom. The second-order valence-corrected chi connectivity index (χ2v) is 5.89. The summed E-state index contributed by atoms with van der Waals surface area (Å²) >= 11 is 0. The van der Waals surface area contributed by atoms with Crippen molar-refractivity contribution >= 4 is 0 Å². The zero-order valence-electron chi connectivity index (χ0n) is 13.3. The van der Waals surface area contributed by atoms with Gasteiger partial charge in [0.15, 0.2) is 0 Å². The molecule has 1 aliphatic rings. The molecule has 116 valence electrons. The van der Waals surface area contributed by atoms with Crippen LogP contribution in [0.15, 0.2) is 49.4 Å². The Kier molecular flexibility index (Phi) is 4.64. The summed E-state index contributed by atoms with van der Waals surface area (Å²) in [5.74, 6) is 0. The van der Waals surface area contributed by atoms with Gasteiger partial charge < -0.3 is 9.30 Å². The van der Waals surface area contributed by atoms with Gasteiger partial charge in [0.2, 0.25) is 0 Å². The minimum atomic E-state index is 0.676. The predicted octanol–water partition coefficient (Wildman–Crippen LogP) is 3.51. The number of nitrogens with zero attached hydrogens (tertiary/aromatic N) is 2. The van der Waals surface area contributed by atoms with E-state index in [2.05, 4.69) is 59.5 Å². The summed E-state index contributed by atoms with van der Waals surface area (Å²) in [6.07, 6.45) is 4.82. The standard InChI is InChI=1S/C19H24N2O/c1-3-22-13-12-21-11-9-18(16(21)2)14-20-10-8-17-6-4-5-7-19(17)15-20/h3-7,9,11H,1,8,10,12-15H2,2H3. The molecular formula is C19H24N2O. The molecule has 0 radical (unpaired) electrons. The van der Waals surface area contributed by atoms with Gasteiger partial charge in [-0.3, -0.25) is 4.90 Å². The normalized spacial score (nSPS) is 14.6. The van der Waals surface area contributed by atoms with Gasteiger partial charge in [0.1, 0.15) is 6.61 Å². The molecule has 0 saturated heterocycles. The van der Waals surface area contributed by atoms with Gasteiger partial charge in [-0.25, -0.2) is 0 Å². The summed E-state index contributed by atoms with van der Waals surface area (Å²) in [6, 6.07) is 11.0. The highest BCUT2D eigenvalue weighted by molar-refractivity contribution is 5.29.